The van der Waals surface area contributed by atoms with Crippen molar-refractivity contribution in [3.8, 4) is 6.07 Å². The van der Waals surface area contributed by atoms with E-state index < -0.39 is 0 Å². The predicted molar refractivity (Wildman–Crippen MR) is 55.4 cm³/mol. The van der Waals surface area contributed by atoms with Crippen LogP contribution >= 0.6 is 23.2 Å². The van der Waals surface area contributed by atoms with Gasteiger partial charge < -0.3 is 4.98 Å². The van der Waals surface area contributed by atoms with Gasteiger partial charge in [0.25, 0.3) is 0 Å². The van der Waals surface area contributed by atoms with Gasteiger partial charge in [-0.15, -0.1) is 0 Å². The quantitative estimate of drug-likeness (QED) is 0.812. The van der Waals surface area contributed by atoms with Crippen molar-refractivity contribution in [3.05, 3.63) is 28.0 Å². The Kier molecular flexibility index (Phi) is 2.32. The number of H-pyrrole nitrogens is 1. The molecular weight excluding hydrogens is 221 g/mol. The van der Waals surface area contributed by atoms with Crippen LogP contribution in [0.4, 0.5) is 0 Å². The molecule has 1 aromatic carbocycles. The third-order valence-electron chi connectivity index (χ3n) is 1.91. The number of aromatic amines is 1. The molecule has 0 bridgehead atoms. The van der Waals surface area contributed by atoms with Crippen LogP contribution in [0.15, 0.2) is 12.1 Å². The molecule has 0 fully saturated rings. The molecule has 3 nitrogen and oxygen atoms in total. The number of hydrogen-bond donors (Lipinski definition) is 1. The lowest BCUT2D eigenvalue weighted by Crippen LogP contribution is -1.84. The Balaban J connectivity index is 2.69. The summed E-state index contributed by atoms with van der Waals surface area (Å²) in [5.41, 5.74) is 2.16. The smallest absolute Gasteiger partial charge is 0.201 e. The second-order valence-electron chi connectivity index (χ2n) is 2.80. The summed E-state index contributed by atoms with van der Waals surface area (Å²) in [5, 5.41) is 9.35. The number of aromatic nitrogens is 2. The Morgan fingerprint density at radius 1 is 1.43 bits per heavy atom. The monoisotopic (exact) mass is 225 g/mol. The summed E-state index contributed by atoms with van der Waals surface area (Å²) >= 11 is 11.7. The lowest BCUT2D eigenvalue weighted by molar-refractivity contribution is 1.27. The third kappa shape index (κ3) is 1.43. The molecule has 0 atom stereocenters. The first-order valence-corrected chi connectivity index (χ1v) is 4.67. The van der Waals surface area contributed by atoms with Gasteiger partial charge in [0.15, 0.2) is 0 Å². The Labute approximate surface area is 90.3 Å². The van der Waals surface area contributed by atoms with Crippen LogP contribution in [-0.4, -0.2) is 9.97 Å². The maximum absolute atomic E-state index is 8.56. The topological polar surface area (TPSA) is 52.5 Å². The van der Waals surface area contributed by atoms with Gasteiger partial charge in [-0.25, -0.2) is 4.98 Å². The summed E-state index contributed by atoms with van der Waals surface area (Å²) in [6, 6.07) is 5.65. The minimum atomic E-state index is 0.277. The summed E-state index contributed by atoms with van der Waals surface area (Å²) in [6.07, 6.45) is 0.277. The Bertz CT molecular complexity index is 525. The van der Waals surface area contributed by atoms with Crippen LogP contribution in [0, 0.1) is 11.3 Å². The second-order valence-corrected chi connectivity index (χ2v) is 3.53. The third-order valence-corrected chi connectivity index (χ3v) is 2.51. The SMILES string of the molecule is N#CCc1ccc2[nH]c(Cl)nc2c1Cl. The molecule has 0 unspecified atom stereocenters. The number of nitrogens with one attached hydrogen (secondary N) is 1. The van der Waals surface area contributed by atoms with E-state index in [0.29, 0.717) is 15.8 Å². The van der Waals surface area contributed by atoms with Gasteiger partial charge in [0.1, 0.15) is 5.52 Å². The minimum Gasteiger partial charge on any atom is -0.329 e. The van der Waals surface area contributed by atoms with E-state index in [4.69, 9.17) is 28.5 Å². The number of rotatable bonds is 1. The van der Waals surface area contributed by atoms with E-state index in [0.717, 1.165) is 11.1 Å². The first-order valence-electron chi connectivity index (χ1n) is 3.92. The summed E-state index contributed by atoms with van der Waals surface area (Å²) in [7, 11) is 0. The van der Waals surface area contributed by atoms with E-state index >= 15 is 0 Å². The highest BCUT2D eigenvalue weighted by Gasteiger charge is 2.08. The average molecular weight is 226 g/mol. The van der Waals surface area contributed by atoms with Gasteiger partial charge >= 0.3 is 0 Å². The molecule has 2 aromatic rings. The van der Waals surface area contributed by atoms with Crippen molar-refractivity contribution in [1.82, 2.24) is 9.97 Å². The van der Waals surface area contributed by atoms with Crippen LogP contribution in [0.3, 0.4) is 0 Å². The van der Waals surface area contributed by atoms with Crippen molar-refractivity contribution in [3.63, 3.8) is 0 Å². The van der Waals surface area contributed by atoms with E-state index in [-0.39, 0.29) is 6.42 Å². The normalized spacial score (nSPS) is 10.4. The van der Waals surface area contributed by atoms with E-state index in [2.05, 4.69) is 9.97 Å². The van der Waals surface area contributed by atoms with Crippen LogP contribution in [0.2, 0.25) is 10.3 Å². The number of nitriles is 1. The Hall–Kier alpha value is -1.24. The summed E-state index contributed by atoms with van der Waals surface area (Å²) < 4.78 is 0. The zero-order valence-electron chi connectivity index (χ0n) is 7.01. The first-order chi connectivity index (χ1) is 6.72. The van der Waals surface area contributed by atoms with Crippen molar-refractivity contribution >= 4 is 34.2 Å². The molecule has 70 valence electrons. The van der Waals surface area contributed by atoms with E-state index in [1.165, 1.54) is 0 Å². The van der Waals surface area contributed by atoms with Crippen molar-refractivity contribution in [2.45, 2.75) is 6.42 Å². The van der Waals surface area contributed by atoms with E-state index in [9.17, 15) is 0 Å². The maximum Gasteiger partial charge on any atom is 0.201 e. The van der Waals surface area contributed by atoms with Crippen LogP contribution < -0.4 is 0 Å². The number of hydrogen-bond acceptors (Lipinski definition) is 2. The van der Waals surface area contributed by atoms with Crippen molar-refractivity contribution in [2.75, 3.05) is 0 Å². The Morgan fingerprint density at radius 2 is 2.21 bits per heavy atom. The van der Waals surface area contributed by atoms with Crippen molar-refractivity contribution in [2.24, 2.45) is 0 Å². The predicted octanol–water partition coefficient (Wildman–Crippen LogP) is 2.94. The fourth-order valence-corrected chi connectivity index (χ4v) is 1.74. The molecule has 1 heterocycles. The van der Waals surface area contributed by atoms with Gasteiger partial charge in [-0.3, -0.25) is 0 Å². The molecule has 0 spiro atoms. The average Bonchev–Trinajstić information content (AvgIpc) is 2.52. The molecule has 0 radical (unpaired) electrons. The number of halogens is 2. The molecule has 0 aliphatic rings. The standard InChI is InChI=1S/C9H5Cl2N3/c10-7-5(3-4-12)1-2-6-8(7)14-9(11)13-6/h1-2H,3H2,(H,13,14). The molecule has 2 rings (SSSR count). The number of nitrogens with zero attached hydrogens (tertiary/aromatic N) is 2. The van der Waals surface area contributed by atoms with E-state index in [1.54, 1.807) is 6.07 Å². The highest BCUT2D eigenvalue weighted by Crippen LogP contribution is 2.26. The molecule has 0 aliphatic heterocycles. The second kappa shape index (κ2) is 3.49. The number of fused-ring (bicyclic) bond motifs is 1. The largest absolute Gasteiger partial charge is 0.329 e. The molecule has 1 aromatic heterocycles. The Morgan fingerprint density at radius 3 is 2.93 bits per heavy atom. The van der Waals surface area contributed by atoms with Gasteiger partial charge in [0, 0.05) is 0 Å². The molecule has 5 heteroatoms. The summed E-state index contributed by atoms with van der Waals surface area (Å²) in [5.74, 6) is 0. The van der Waals surface area contributed by atoms with Gasteiger partial charge in [0.2, 0.25) is 5.28 Å². The van der Waals surface area contributed by atoms with Gasteiger partial charge in [-0.05, 0) is 23.2 Å². The highest BCUT2D eigenvalue weighted by molar-refractivity contribution is 6.36. The molecule has 14 heavy (non-hydrogen) atoms. The molecule has 0 amide bonds. The first kappa shape index (κ1) is 9.32. The van der Waals surface area contributed by atoms with Gasteiger partial charge in [-0.1, -0.05) is 17.7 Å². The van der Waals surface area contributed by atoms with Gasteiger partial charge in [0.05, 0.1) is 23.0 Å². The van der Waals surface area contributed by atoms with E-state index in [1.807, 2.05) is 12.1 Å². The van der Waals surface area contributed by atoms with Crippen molar-refractivity contribution < 1.29 is 0 Å². The molecular formula is C9H5Cl2N3. The van der Waals surface area contributed by atoms with Crippen LogP contribution in [0.25, 0.3) is 11.0 Å². The summed E-state index contributed by atoms with van der Waals surface area (Å²) in [4.78, 5) is 6.88. The summed E-state index contributed by atoms with van der Waals surface area (Å²) in [6.45, 7) is 0. The maximum atomic E-state index is 8.56. The van der Waals surface area contributed by atoms with Gasteiger partial charge in [-0.2, -0.15) is 5.26 Å². The molecule has 0 saturated heterocycles. The molecule has 0 aliphatic carbocycles. The molecule has 0 saturated carbocycles. The zero-order chi connectivity index (χ0) is 10.1. The van der Waals surface area contributed by atoms with Crippen molar-refractivity contribution in [1.29, 1.82) is 5.26 Å². The molecule has 1 N–H and O–H groups in total. The zero-order valence-corrected chi connectivity index (χ0v) is 8.52. The van der Waals surface area contributed by atoms with Crippen LogP contribution in [0.5, 0.6) is 0 Å². The fraction of sp³-hybridized carbons (Fsp3) is 0.111. The fourth-order valence-electron chi connectivity index (χ4n) is 1.28. The minimum absolute atomic E-state index is 0.277. The lowest BCUT2D eigenvalue weighted by atomic mass is 10.1. The lowest BCUT2D eigenvalue weighted by Gasteiger charge is -1.98. The number of imidazole rings is 1. The van der Waals surface area contributed by atoms with Crippen LogP contribution in [-0.2, 0) is 6.42 Å². The van der Waals surface area contributed by atoms with Crippen LogP contribution in [0.1, 0.15) is 5.56 Å². The number of benzene rings is 1. The highest BCUT2D eigenvalue weighted by atomic mass is 35.5.